The van der Waals surface area contributed by atoms with Gasteiger partial charge in [-0.25, -0.2) is 4.79 Å². The normalized spacial score (nSPS) is 10.8. The number of benzene rings is 2. The second-order valence-electron chi connectivity index (χ2n) is 5.84. The smallest absolute Gasteiger partial charge is 0.315 e. The Morgan fingerprint density at radius 3 is 2.72 bits per heavy atom. The number of carbonyl (C=O) groups excluding carboxylic acids is 1. The fraction of sp³-hybridized carbons (Fsp3) is 0.263. The Kier molecular flexibility index (Phi) is 5.60. The first-order chi connectivity index (χ1) is 12.2. The first-order valence-corrected chi connectivity index (χ1v) is 9.38. The first-order valence-electron chi connectivity index (χ1n) is 8.15. The van der Waals surface area contributed by atoms with E-state index < -0.39 is 0 Å². The van der Waals surface area contributed by atoms with Crippen LogP contribution in [0.25, 0.3) is 11.0 Å². The summed E-state index contributed by atoms with van der Waals surface area (Å²) >= 11 is 1.72. The van der Waals surface area contributed by atoms with Crippen LogP contribution in [0.15, 0.2) is 51.9 Å². The number of carbonyl (C=O) groups is 1. The number of aryl methyl sites for hydroxylation is 1. The van der Waals surface area contributed by atoms with E-state index >= 15 is 0 Å². The number of hydrogen-bond acceptors (Lipinski definition) is 4. The average molecular weight is 355 g/mol. The van der Waals surface area contributed by atoms with Crippen molar-refractivity contribution in [3.63, 3.8) is 0 Å². The molecular weight excluding hydrogens is 334 g/mol. The predicted octanol–water partition coefficient (Wildman–Crippen LogP) is 3.90. The van der Waals surface area contributed by atoms with E-state index in [1.54, 1.807) is 11.8 Å². The van der Waals surface area contributed by atoms with Crippen molar-refractivity contribution < 1.29 is 9.32 Å². The van der Waals surface area contributed by atoms with E-state index in [0.29, 0.717) is 13.1 Å². The van der Waals surface area contributed by atoms with Gasteiger partial charge in [0.2, 0.25) is 0 Å². The SMILES string of the molecule is CSc1ccc(CCNC(=O)NCc2noc3ccc(C)cc23)cc1. The zero-order valence-electron chi connectivity index (χ0n) is 14.3. The number of urea groups is 1. The van der Waals surface area contributed by atoms with Crippen LogP contribution in [0, 0.1) is 6.92 Å². The van der Waals surface area contributed by atoms with Crippen LogP contribution < -0.4 is 10.6 Å². The molecule has 0 fully saturated rings. The summed E-state index contributed by atoms with van der Waals surface area (Å²) in [6.07, 6.45) is 2.86. The van der Waals surface area contributed by atoms with Gasteiger partial charge in [0.25, 0.3) is 0 Å². The summed E-state index contributed by atoms with van der Waals surface area (Å²) in [4.78, 5) is 13.2. The molecule has 0 radical (unpaired) electrons. The van der Waals surface area contributed by atoms with Crippen molar-refractivity contribution in [2.75, 3.05) is 12.8 Å². The topological polar surface area (TPSA) is 67.2 Å². The highest BCUT2D eigenvalue weighted by atomic mass is 32.2. The lowest BCUT2D eigenvalue weighted by molar-refractivity contribution is 0.240. The van der Waals surface area contributed by atoms with Crippen LogP contribution >= 0.6 is 11.8 Å². The van der Waals surface area contributed by atoms with Gasteiger partial charge in [0.1, 0.15) is 5.69 Å². The lowest BCUT2D eigenvalue weighted by Crippen LogP contribution is -2.36. The number of hydrogen-bond donors (Lipinski definition) is 2. The fourth-order valence-electron chi connectivity index (χ4n) is 2.57. The van der Waals surface area contributed by atoms with Gasteiger partial charge in [0, 0.05) is 16.8 Å². The number of nitrogens with one attached hydrogen (secondary N) is 2. The van der Waals surface area contributed by atoms with Crippen molar-refractivity contribution in [2.24, 2.45) is 0 Å². The maximum Gasteiger partial charge on any atom is 0.315 e. The minimum atomic E-state index is -0.204. The molecule has 0 atom stereocenters. The van der Waals surface area contributed by atoms with Crippen LogP contribution in [0.5, 0.6) is 0 Å². The summed E-state index contributed by atoms with van der Waals surface area (Å²) < 4.78 is 5.27. The molecule has 0 aliphatic heterocycles. The molecule has 3 rings (SSSR count). The van der Waals surface area contributed by atoms with Crippen molar-refractivity contribution in [2.45, 2.75) is 24.8 Å². The van der Waals surface area contributed by atoms with Crippen LogP contribution in [0.1, 0.15) is 16.8 Å². The summed E-state index contributed by atoms with van der Waals surface area (Å²) in [5.41, 5.74) is 3.81. The molecule has 2 amide bonds. The third kappa shape index (κ3) is 4.54. The Labute approximate surface area is 151 Å². The zero-order chi connectivity index (χ0) is 17.6. The average Bonchev–Trinajstić information content (AvgIpc) is 3.02. The molecule has 5 nitrogen and oxygen atoms in total. The van der Waals surface area contributed by atoms with E-state index in [1.807, 2.05) is 25.1 Å². The Morgan fingerprint density at radius 2 is 1.96 bits per heavy atom. The van der Waals surface area contributed by atoms with Crippen molar-refractivity contribution in [3.8, 4) is 0 Å². The van der Waals surface area contributed by atoms with Gasteiger partial charge in [-0.05, 0) is 49.4 Å². The van der Waals surface area contributed by atoms with Crippen molar-refractivity contribution in [1.29, 1.82) is 0 Å². The van der Waals surface area contributed by atoms with E-state index in [9.17, 15) is 4.79 Å². The molecule has 25 heavy (non-hydrogen) atoms. The lowest BCUT2D eigenvalue weighted by Gasteiger charge is -2.07. The van der Waals surface area contributed by atoms with Gasteiger partial charge in [0.15, 0.2) is 5.58 Å². The Bertz CT molecular complexity index is 859. The summed E-state index contributed by atoms with van der Waals surface area (Å²) in [6.45, 7) is 2.94. The molecule has 0 saturated heterocycles. The predicted molar refractivity (Wildman–Crippen MR) is 101 cm³/mol. The zero-order valence-corrected chi connectivity index (χ0v) is 15.2. The number of aromatic nitrogens is 1. The van der Waals surface area contributed by atoms with E-state index in [1.165, 1.54) is 10.5 Å². The third-order valence-corrected chi connectivity index (χ3v) is 4.72. The quantitative estimate of drug-likeness (QED) is 0.658. The molecule has 0 spiro atoms. The molecule has 0 aliphatic carbocycles. The number of rotatable bonds is 6. The summed E-state index contributed by atoms with van der Waals surface area (Å²) in [7, 11) is 0. The van der Waals surface area contributed by atoms with E-state index in [2.05, 4.69) is 46.3 Å². The van der Waals surface area contributed by atoms with Crippen molar-refractivity contribution in [1.82, 2.24) is 15.8 Å². The van der Waals surface area contributed by atoms with Crippen LogP contribution in [-0.4, -0.2) is 24.0 Å². The van der Waals surface area contributed by atoms with E-state index in [-0.39, 0.29) is 6.03 Å². The lowest BCUT2D eigenvalue weighted by atomic mass is 10.1. The molecule has 0 unspecified atom stereocenters. The van der Waals surface area contributed by atoms with Gasteiger partial charge < -0.3 is 15.2 Å². The van der Waals surface area contributed by atoms with Crippen molar-refractivity contribution in [3.05, 3.63) is 59.3 Å². The van der Waals surface area contributed by atoms with Crippen molar-refractivity contribution >= 4 is 28.8 Å². The number of thioether (sulfide) groups is 1. The van der Waals surface area contributed by atoms with Gasteiger partial charge >= 0.3 is 6.03 Å². The molecule has 1 aromatic heterocycles. The van der Waals surface area contributed by atoms with E-state index in [0.717, 1.165) is 28.6 Å². The fourth-order valence-corrected chi connectivity index (χ4v) is 2.98. The standard InChI is InChI=1S/C19H21N3O2S/c1-13-3-8-18-16(11-13)17(22-24-18)12-21-19(23)20-10-9-14-4-6-15(25-2)7-5-14/h3-8,11H,9-10,12H2,1-2H3,(H2,20,21,23). The van der Waals surface area contributed by atoms with E-state index in [4.69, 9.17) is 4.52 Å². The minimum Gasteiger partial charge on any atom is -0.356 e. The van der Waals surface area contributed by atoms with Crippen LogP contribution in [0.2, 0.25) is 0 Å². The molecule has 1 heterocycles. The molecule has 6 heteroatoms. The number of nitrogens with zero attached hydrogens (tertiary/aromatic N) is 1. The highest BCUT2D eigenvalue weighted by molar-refractivity contribution is 7.98. The second kappa shape index (κ2) is 8.07. The summed E-state index contributed by atoms with van der Waals surface area (Å²) in [5, 5.41) is 10.7. The molecular formula is C19H21N3O2S. The van der Waals surface area contributed by atoms with Crippen LogP contribution in [0.3, 0.4) is 0 Å². The van der Waals surface area contributed by atoms with Crippen LogP contribution in [0.4, 0.5) is 4.79 Å². The number of amides is 2. The maximum atomic E-state index is 11.9. The molecule has 0 bridgehead atoms. The number of fused-ring (bicyclic) bond motifs is 1. The second-order valence-corrected chi connectivity index (χ2v) is 6.72. The molecule has 2 aromatic carbocycles. The molecule has 3 aromatic rings. The molecule has 0 saturated carbocycles. The highest BCUT2D eigenvalue weighted by Crippen LogP contribution is 2.19. The Morgan fingerprint density at radius 1 is 1.16 bits per heavy atom. The minimum absolute atomic E-state index is 0.204. The third-order valence-electron chi connectivity index (χ3n) is 3.97. The van der Waals surface area contributed by atoms with Crippen LogP contribution in [-0.2, 0) is 13.0 Å². The van der Waals surface area contributed by atoms with Gasteiger partial charge in [0.05, 0.1) is 6.54 Å². The molecule has 0 aliphatic rings. The molecule has 130 valence electrons. The summed E-state index contributed by atoms with van der Waals surface area (Å²) in [5.74, 6) is 0. The highest BCUT2D eigenvalue weighted by Gasteiger charge is 2.09. The first kappa shape index (κ1) is 17.4. The summed E-state index contributed by atoms with van der Waals surface area (Å²) in [6, 6.07) is 14.1. The monoisotopic (exact) mass is 355 g/mol. The van der Waals surface area contributed by atoms with Gasteiger partial charge in [-0.1, -0.05) is 28.9 Å². The van der Waals surface area contributed by atoms with Gasteiger partial charge in [-0.15, -0.1) is 11.8 Å². The Balaban J connectivity index is 1.46. The van der Waals surface area contributed by atoms with Gasteiger partial charge in [-0.2, -0.15) is 0 Å². The maximum absolute atomic E-state index is 11.9. The largest absolute Gasteiger partial charge is 0.356 e. The Hall–Kier alpha value is -2.47. The molecule has 2 N–H and O–H groups in total. The van der Waals surface area contributed by atoms with Gasteiger partial charge in [-0.3, -0.25) is 0 Å².